The molecule has 2 aromatic carbocycles. The molecule has 2 heterocycles. The van der Waals surface area contributed by atoms with E-state index >= 15 is 0 Å². The van der Waals surface area contributed by atoms with Gasteiger partial charge in [-0.3, -0.25) is 4.78 Å². The van der Waals surface area contributed by atoms with Crippen molar-refractivity contribution in [2.45, 2.75) is 31.1 Å². The smallest absolute Gasteiger partial charge is 0.229 e. The van der Waals surface area contributed by atoms with Gasteiger partial charge in [-0.15, -0.1) is 0 Å². The van der Waals surface area contributed by atoms with Crippen molar-refractivity contribution < 1.29 is 9.13 Å². The number of ether oxygens (including phenoxy) is 1. The molecule has 1 unspecified atom stereocenters. The summed E-state index contributed by atoms with van der Waals surface area (Å²) in [6.45, 7) is 3.19. The Morgan fingerprint density at radius 1 is 1.19 bits per heavy atom. The first kappa shape index (κ1) is 21.2. The first-order valence-corrected chi connectivity index (χ1v) is 11.9. The second kappa shape index (κ2) is 9.87. The summed E-state index contributed by atoms with van der Waals surface area (Å²) in [5.74, 6) is 1.79. The van der Waals surface area contributed by atoms with Gasteiger partial charge >= 0.3 is 0 Å². The van der Waals surface area contributed by atoms with Gasteiger partial charge in [0.05, 0.1) is 6.61 Å². The highest BCUT2D eigenvalue weighted by atomic mass is 32.2. The summed E-state index contributed by atoms with van der Waals surface area (Å²) >= 11 is 0. The number of hydrogen-bond donors (Lipinski definition) is 3. The van der Waals surface area contributed by atoms with Gasteiger partial charge in [0.15, 0.2) is 11.6 Å². The fourth-order valence-electron chi connectivity index (χ4n) is 3.34. The summed E-state index contributed by atoms with van der Waals surface area (Å²) in [4.78, 5) is 10.1. The average molecular weight is 440 g/mol. The van der Waals surface area contributed by atoms with Gasteiger partial charge in [-0.2, -0.15) is 4.98 Å². The first-order valence-electron chi connectivity index (χ1n) is 10.5. The Balaban J connectivity index is 1.67. The number of benzene rings is 2. The van der Waals surface area contributed by atoms with Gasteiger partial charge in [0, 0.05) is 34.6 Å². The van der Waals surface area contributed by atoms with Gasteiger partial charge in [-0.25, -0.2) is 9.37 Å². The Kier molecular flexibility index (Phi) is 6.76. The van der Waals surface area contributed by atoms with Crippen LogP contribution in [0.5, 0.6) is 5.75 Å². The highest BCUT2D eigenvalue weighted by Crippen LogP contribution is 2.31. The van der Waals surface area contributed by atoms with Crippen LogP contribution in [-0.2, 0) is 10.7 Å². The fraction of sp³-hybridized carbons (Fsp3) is 0.304. The summed E-state index contributed by atoms with van der Waals surface area (Å²) in [7, 11) is -0.543. The molecule has 162 valence electrons. The van der Waals surface area contributed by atoms with Crippen LogP contribution < -0.4 is 15.4 Å². The van der Waals surface area contributed by atoms with E-state index < -0.39 is 16.5 Å². The van der Waals surface area contributed by atoms with E-state index in [9.17, 15) is 4.39 Å². The second-order valence-corrected chi connectivity index (χ2v) is 8.99. The predicted octanol–water partition coefficient (Wildman–Crippen LogP) is 5.76. The predicted molar refractivity (Wildman–Crippen MR) is 124 cm³/mol. The van der Waals surface area contributed by atoms with E-state index in [2.05, 4.69) is 20.6 Å². The van der Waals surface area contributed by atoms with E-state index in [1.54, 1.807) is 12.3 Å². The molecule has 0 radical (unpaired) electrons. The molecule has 0 saturated carbocycles. The molecule has 1 aliphatic heterocycles. The molecule has 4 rings (SSSR count). The van der Waals surface area contributed by atoms with Crippen molar-refractivity contribution >= 4 is 28.1 Å². The first-order chi connectivity index (χ1) is 15.1. The van der Waals surface area contributed by atoms with E-state index in [-0.39, 0.29) is 5.75 Å². The van der Waals surface area contributed by atoms with Crippen LogP contribution in [-0.4, -0.2) is 28.9 Å². The van der Waals surface area contributed by atoms with Crippen molar-refractivity contribution in [2.75, 3.05) is 29.5 Å². The van der Waals surface area contributed by atoms with Crippen LogP contribution in [0.25, 0.3) is 11.1 Å². The van der Waals surface area contributed by atoms with Gasteiger partial charge in [0.2, 0.25) is 5.95 Å². The second-order valence-electron chi connectivity index (χ2n) is 7.33. The molecule has 8 heteroatoms. The molecule has 0 fully saturated rings. The molecule has 0 aliphatic carbocycles. The lowest BCUT2D eigenvalue weighted by Crippen LogP contribution is -2.08. The summed E-state index contributed by atoms with van der Waals surface area (Å²) < 4.78 is 28.4. The van der Waals surface area contributed by atoms with Crippen LogP contribution in [0, 0.1) is 10.6 Å². The molecule has 0 spiro atoms. The number of hydrogen-bond acceptors (Lipinski definition) is 6. The van der Waals surface area contributed by atoms with Crippen LogP contribution in [0.1, 0.15) is 26.2 Å². The Morgan fingerprint density at radius 2 is 2.10 bits per heavy atom. The Morgan fingerprint density at radius 3 is 2.94 bits per heavy atom. The minimum atomic E-state index is -0.543. The molecule has 0 saturated heterocycles. The lowest BCUT2D eigenvalue weighted by Gasteiger charge is -2.14. The zero-order chi connectivity index (χ0) is 21.6. The normalized spacial score (nSPS) is 16.1. The number of anilines is 3. The molecular formula is C23H26FN5OS. The van der Waals surface area contributed by atoms with Crippen molar-refractivity contribution in [1.82, 2.24) is 9.97 Å². The zero-order valence-electron chi connectivity index (χ0n) is 17.5. The van der Waals surface area contributed by atoms with Gasteiger partial charge in [-0.05, 0) is 55.2 Å². The number of halogens is 1. The molecule has 31 heavy (non-hydrogen) atoms. The van der Waals surface area contributed by atoms with Crippen molar-refractivity contribution in [3.8, 4) is 16.9 Å². The van der Waals surface area contributed by atoms with Gasteiger partial charge in [0.25, 0.3) is 0 Å². The highest BCUT2D eigenvalue weighted by molar-refractivity contribution is 7.86. The molecule has 3 aromatic rings. The van der Waals surface area contributed by atoms with Gasteiger partial charge in [-0.1, -0.05) is 29.7 Å². The molecule has 6 nitrogen and oxygen atoms in total. The van der Waals surface area contributed by atoms with Crippen molar-refractivity contribution in [3.05, 3.63) is 54.5 Å². The number of rotatable bonds is 4. The topological polar surface area (TPSA) is 82.9 Å². The molecule has 1 atom stereocenters. The number of nitrogens with one attached hydrogen (secondary N) is 3. The van der Waals surface area contributed by atoms with Crippen LogP contribution >= 0.6 is 0 Å². The Labute approximate surface area is 184 Å². The van der Waals surface area contributed by atoms with Crippen LogP contribution in [0.2, 0.25) is 0 Å². The molecule has 4 bridgehead atoms. The Bertz CT molecular complexity index is 1090. The lowest BCUT2D eigenvalue weighted by molar-refractivity contribution is 0.301. The van der Waals surface area contributed by atoms with E-state index in [0.717, 1.165) is 47.7 Å². The van der Waals surface area contributed by atoms with Crippen LogP contribution in [0.4, 0.5) is 21.8 Å². The Hall–Kier alpha value is -3.00. The number of aromatic nitrogens is 2. The fourth-order valence-corrected chi connectivity index (χ4v) is 4.58. The number of fused-ring (bicyclic) bond motifs is 4. The maximum atomic E-state index is 14.5. The monoisotopic (exact) mass is 439 g/mol. The minimum absolute atomic E-state index is 0.253. The largest absolute Gasteiger partial charge is 0.491 e. The van der Waals surface area contributed by atoms with Crippen molar-refractivity contribution in [2.24, 2.45) is 0 Å². The average Bonchev–Trinajstić information content (AvgIpc) is 2.78. The molecule has 1 aromatic heterocycles. The summed E-state index contributed by atoms with van der Waals surface area (Å²) in [6, 6.07) is 12.8. The van der Waals surface area contributed by atoms with Crippen LogP contribution in [0.15, 0.2) is 53.6 Å². The quantitative estimate of drug-likeness (QED) is 0.481. The summed E-state index contributed by atoms with van der Waals surface area (Å²) in [5.41, 5.74) is 2.27. The molecule has 1 aliphatic rings. The molecule has 0 amide bonds. The van der Waals surface area contributed by atoms with E-state index in [0.29, 0.717) is 23.9 Å². The zero-order valence-corrected chi connectivity index (χ0v) is 18.3. The third-order valence-electron chi connectivity index (χ3n) is 4.94. The maximum Gasteiger partial charge on any atom is 0.229 e. The maximum absolute atomic E-state index is 14.5. The van der Waals surface area contributed by atoms with Gasteiger partial charge < -0.3 is 15.4 Å². The third kappa shape index (κ3) is 5.19. The third-order valence-corrected chi connectivity index (χ3v) is 6.46. The van der Waals surface area contributed by atoms with Crippen LogP contribution in [0.3, 0.4) is 0 Å². The van der Waals surface area contributed by atoms with E-state index in [1.165, 1.54) is 6.07 Å². The van der Waals surface area contributed by atoms with Crippen molar-refractivity contribution in [3.63, 3.8) is 0 Å². The summed E-state index contributed by atoms with van der Waals surface area (Å²) in [6.07, 6.45) is 4.40. The van der Waals surface area contributed by atoms with E-state index in [4.69, 9.17) is 9.52 Å². The SMILES string of the molecule is CCCOc1ccc(-c2cnc3nc2NCCCCS(=N)c2cccc(c2)N3)cc1F. The summed E-state index contributed by atoms with van der Waals surface area (Å²) in [5, 5.41) is 6.61. The standard InChI is InChI=1S/C23H26FN5OS/c1-2-11-30-21-9-8-16(13-20(21)24)19-15-27-23-28-17-6-5-7-18(14-17)31(25)12-4-3-10-26-22(19)29-23/h5-9,13-15,25H,2-4,10-12H2,1H3,(H2,26,27,28,29). The van der Waals surface area contributed by atoms with E-state index in [1.807, 2.05) is 37.3 Å². The molecule has 3 N–H and O–H groups in total. The highest BCUT2D eigenvalue weighted by Gasteiger charge is 2.14. The molecular weight excluding hydrogens is 413 g/mol. The number of nitrogens with zero attached hydrogens (tertiary/aromatic N) is 2. The minimum Gasteiger partial charge on any atom is -0.491 e. The lowest BCUT2D eigenvalue weighted by atomic mass is 10.1. The van der Waals surface area contributed by atoms with Gasteiger partial charge in [0.1, 0.15) is 5.82 Å². The van der Waals surface area contributed by atoms with Crippen molar-refractivity contribution in [1.29, 1.82) is 4.78 Å².